The van der Waals surface area contributed by atoms with Gasteiger partial charge in [0, 0.05) is 36.7 Å². The first kappa shape index (κ1) is 36.7. The fourth-order valence-corrected chi connectivity index (χ4v) is 6.78. The number of likely N-dealkylation sites (tertiary alicyclic amines) is 1. The number of hydrogen-bond acceptors (Lipinski definition) is 9. The van der Waals surface area contributed by atoms with Crippen LogP contribution in [-0.2, 0) is 20.9 Å². The van der Waals surface area contributed by atoms with Crippen LogP contribution in [0.3, 0.4) is 0 Å². The zero-order valence-electron chi connectivity index (χ0n) is 27.8. The molecular weight excluding hydrogens is 705 g/mol. The molecule has 2 bridgehead atoms. The molecule has 3 saturated heterocycles. The van der Waals surface area contributed by atoms with Gasteiger partial charge >= 0.3 is 12.1 Å². The number of carboxylic acids is 1. The van der Waals surface area contributed by atoms with Crippen LogP contribution in [0.15, 0.2) is 66.6 Å². The van der Waals surface area contributed by atoms with Gasteiger partial charge in [0.15, 0.2) is 0 Å². The number of aromatic nitrogens is 4. The van der Waals surface area contributed by atoms with Crippen molar-refractivity contribution in [3.05, 3.63) is 77.9 Å². The molecule has 274 valence electrons. The van der Waals surface area contributed by atoms with E-state index in [1.165, 1.54) is 0 Å². The smallest absolute Gasteiger partial charge is 0.475 e. The van der Waals surface area contributed by atoms with Gasteiger partial charge in [-0.1, -0.05) is 30.3 Å². The number of morpholine rings is 1. The summed E-state index contributed by atoms with van der Waals surface area (Å²) in [6.07, 6.45) is 2.27. The second kappa shape index (κ2) is 15.7. The van der Waals surface area contributed by atoms with E-state index in [9.17, 15) is 22.8 Å². The van der Waals surface area contributed by atoms with Crippen molar-refractivity contribution in [3.63, 3.8) is 0 Å². The molecule has 17 heteroatoms. The van der Waals surface area contributed by atoms with E-state index in [-0.39, 0.29) is 22.9 Å². The van der Waals surface area contributed by atoms with Gasteiger partial charge in [0.05, 0.1) is 35.7 Å². The van der Waals surface area contributed by atoms with Gasteiger partial charge in [0.25, 0.3) is 11.8 Å². The number of carbonyl (C=O) groups is 3. The molecular formula is C35H36ClF3N8O5. The average molecular weight is 741 g/mol. The van der Waals surface area contributed by atoms with Crippen LogP contribution in [0.2, 0.25) is 0 Å². The summed E-state index contributed by atoms with van der Waals surface area (Å²) in [5.41, 5.74) is 4.71. The van der Waals surface area contributed by atoms with Crippen molar-refractivity contribution in [1.82, 2.24) is 30.2 Å². The molecule has 0 spiro atoms. The van der Waals surface area contributed by atoms with Crippen molar-refractivity contribution in [2.24, 2.45) is 0 Å². The molecule has 0 unspecified atom stereocenters. The summed E-state index contributed by atoms with van der Waals surface area (Å²) in [5, 5.41) is 14.0. The maximum absolute atomic E-state index is 13.1. The predicted octanol–water partition coefficient (Wildman–Crippen LogP) is 5.11. The normalized spacial score (nSPS) is 20.2. The molecule has 13 nitrogen and oxygen atoms in total. The van der Waals surface area contributed by atoms with Crippen LogP contribution >= 0.6 is 11.6 Å². The molecule has 3 aromatic heterocycles. The first-order chi connectivity index (χ1) is 24.9. The number of halogens is 4. The molecule has 2 amide bonds. The molecule has 3 aliphatic heterocycles. The van der Waals surface area contributed by atoms with E-state index in [2.05, 4.69) is 53.0 Å². The van der Waals surface area contributed by atoms with Crippen molar-refractivity contribution >= 4 is 51.9 Å². The molecule has 4 N–H and O–H groups in total. The number of aromatic amines is 1. The average Bonchev–Trinajstić information content (AvgIpc) is 3.66. The highest BCUT2D eigenvalue weighted by molar-refractivity contribution is 6.41. The maximum Gasteiger partial charge on any atom is 0.490 e. The Kier molecular flexibility index (Phi) is 11.1. The summed E-state index contributed by atoms with van der Waals surface area (Å²) >= 11 is 5.73. The number of fused-ring (bicyclic) bond motifs is 3. The third kappa shape index (κ3) is 8.69. The van der Waals surface area contributed by atoms with Gasteiger partial charge in [-0.25, -0.2) is 14.8 Å². The number of pyridine rings is 1. The number of H-pyrrole nitrogens is 1. The fraction of sp³-hybridized carbons (Fsp3) is 0.371. The van der Waals surface area contributed by atoms with E-state index in [1.807, 2.05) is 36.4 Å². The molecule has 3 aliphatic rings. The van der Waals surface area contributed by atoms with Crippen LogP contribution in [0.5, 0.6) is 0 Å². The number of aliphatic carboxylic acids is 1. The minimum atomic E-state index is -5.08. The van der Waals surface area contributed by atoms with Gasteiger partial charge in [0.1, 0.15) is 23.5 Å². The zero-order chi connectivity index (χ0) is 37.0. The Morgan fingerprint density at radius 3 is 2.42 bits per heavy atom. The third-order valence-electron chi connectivity index (χ3n) is 9.14. The first-order valence-corrected chi connectivity index (χ1v) is 17.0. The summed E-state index contributed by atoms with van der Waals surface area (Å²) < 4.78 is 37.5. The molecule has 7 rings (SSSR count). The quantitative estimate of drug-likeness (QED) is 0.179. The van der Waals surface area contributed by atoms with Crippen LogP contribution in [-0.4, -0.2) is 98.3 Å². The van der Waals surface area contributed by atoms with Crippen LogP contribution < -0.4 is 15.5 Å². The Morgan fingerprint density at radius 1 is 1.04 bits per heavy atom. The van der Waals surface area contributed by atoms with Crippen LogP contribution in [0.1, 0.15) is 41.7 Å². The number of carbonyl (C=O) groups excluding carboxylic acids is 2. The van der Waals surface area contributed by atoms with Gasteiger partial charge in [-0.3, -0.25) is 19.5 Å². The Bertz CT molecular complexity index is 1940. The van der Waals surface area contributed by atoms with Crippen LogP contribution in [0.25, 0.3) is 22.3 Å². The number of alkyl halides is 3. The lowest BCUT2D eigenvalue weighted by Crippen LogP contribution is -2.47. The lowest BCUT2D eigenvalue weighted by atomic mass is 10.0. The van der Waals surface area contributed by atoms with Gasteiger partial charge in [-0.2, -0.15) is 13.2 Å². The van der Waals surface area contributed by atoms with Gasteiger partial charge in [-0.15, -0.1) is 0 Å². The number of hydrogen-bond donors (Lipinski definition) is 4. The van der Waals surface area contributed by atoms with Gasteiger partial charge < -0.3 is 30.4 Å². The minimum Gasteiger partial charge on any atom is -0.475 e. The molecule has 3 fully saturated rings. The predicted molar refractivity (Wildman–Crippen MR) is 187 cm³/mol. The number of anilines is 2. The van der Waals surface area contributed by atoms with E-state index in [1.54, 1.807) is 12.5 Å². The second-order valence-corrected chi connectivity index (χ2v) is 13.3. The fourth-order valence-electron chi connectivity index (χ4n) is 6.73. The lowest BCUT2D eigenvalue weighted by molar-refractivity contribution is -0.192. The molecule has 0 saturated carbocycles. The Morgan fingerprint density at radius 2 is 1.75 bits per heavy atom. The molecule has 3 atom stereocenters. The first-order valence-electron chi connectivity index (χ1n) is 16.6. The summed E-state index contributed by atoms with van der Waals surface area (Å²) in [6, 6.07) is 14.3. The number of carboxylic acid groups (broad SMARTS) is 1. The Labute approximate surface area is 301 Å². The van der Waals surface area contributed by atoms with Crippen molar-refractivity contribution in [1.29, 1.82) is 0 Å². The topological polar surface area (TPSA) is 166 Å². The highest BCUT2D eigenvalue weighted by atomic mass is 35.5. The maximum atomic E-state index is 13.1. The van der Waals surface area contributed by atoms with Crippen molar-refractivity contribution in [2.75, 3.05) is 36.5 Å². The number of rotatable bonds is 8. The number of nitrogens with zero attached hydrogens (tertiary/aromatic N) is 5. The summed E-state index contributed by atoms with van der Waals surface area (Å²) in [5.74, 6) is -2.41. The zero-order valence-corrected chi connectivity index (χ0v) is 28.6. The molecule has 52 heavy (non-hydrogen) atoms. The molecule has 4 aromatic rings. The lowest BCUT2D eigenvalue weighted by Gasteiger charge is -2.35. The van der Waals surface area contributed by atoms with Crippen LogP contribution in [0, 0.1) is 0 Å². The molecule has 0 aliphatic carbocycles. The standard InChI is InChI=1S/C33H35ClN8O3.C2HF3O2/c1-20(34)32(43)39-24-3-2-12-41(16-24)15-21-10-11-35-29(13-21)33(44)38-23-6-4-22(5-7-23)28-14-27-30(40-28)36-19-37-31(27)42-25-8-9-26(42)18-45-17-25;3-2(4,5)1(6)7/h4-7,10-11,13-14,19,24-26H,1-3,8-9,12,15-18H2,(H,38,44)(H,39,43)(H,36,37,40);(H,6,7)/t24-,25-,26+;/m1./s1. The molecule has 1 aromatic carbocycles. The highest BCUT2D eigenvalue weighted by Gasteiger charge is 2.39. The molecule has 0 radical (unpaired) electrons. The summed E-state index contributed by atoms with van der Waals surface area (Å²) in [7, 11) is 0. The van der Waals surface area contributed by atoms with Gasteiger partial charge in [-0.05, 0) is 73.7 Å². The van der Waals surface area contributed by atoms with E-state index in [0.717, 1.165) is 79.1 Å². The number of piperidine rings is 1. The van der Waals surface area contributed by atoms with Crippen molar-refractivity contribution < 1.29 is 37.4 Å². The van der Waals surface area contributed by atoms with E-state index in [4.69, 9.17) is 26.2 Å². The van der Waals surface area contributed by atoms with E-state index >= 15 is 0 Å². The Hall–Kier alpha value is -5.06. The van der Waals surface area contributed by atoms with Crippen molar-refractivity contribution in [2.45, 2.75) is 56.5 Å². The van der Waals surface area contributed by atoms with Crippen molar-refractivity contribution in [3.8, 4) is 11.3 Å². The van der Waals surface area contributed by atoms with E-state index in [0.29, 0.717) is 36.6 Å². The second-order valence-electron chi connectivity index (χ2n) is 12.8. The minimum absolute atomic E-state index is 0.00791. The van der Waals surface area contributed by atoms with Gasteiger partial charge in [0.2, 0.25) is 0 Å². The molecule has 6 heterocycles. The monoisotopic (exact) mass is 740 g/mol. The third-order valence-corrected chi connectivity index (χ3v) is 9.31. The number of ether oxygens (including phenoxy) is 1. The number of nitrogens with one attached hydrogen (secondary N) is 3. The SMILES string of the molecule is C=C(Cl)C(=O)N[C@@H]1CCCN(Cc2ccnc(C(=O)Nc3ccc(-c4cc5c(N6[C@@H]7CC[C@H]6COC7)ncnc5[nH]4)cc3)c2)C1.O=C(O)C(F)(F)F. The Balaban J connectivity index is 0.000000604. The van der Waals surface area contributed by atoms with Crippen LogP contribution in [0.4, 0.5) is 24.7 Å². The number of amides is 2. The highest BCUT2D eigenvalue weighted by Crippen LogP contribution is 2.37. The largest absolute Gasteiger partial charge is 0.490 e. The van der Waals surface area contributed by atoms with E-state index < -0.39 is 12.1 Å². The number of benzene rings is 1. The summed E-state index contributed by atoms with van der Waals surface area (Å²) in [4.78, 5) is 55.5. The summed E-state index contributed by atoms with van der Waals surface area (Å²) in [6.45, 7) is 7.22.